The minimum atomic E-state index is 0.749. The molecular weight excluding hydrogens is 262 g/mol. The number of nitrogens with zero attached hydrogens (tertiary/aromatic N) is 1. The van der Waals surface area contributed by atoms with Crippen LogP contribution in [0.5, 0.6) is 11.5 Å². The van der Waals surface area contributed by atoms with E-state index >= 15 is 0 Å². The van der Waals surface area contributed by atoms with Gasteiger partial charge < -0.3 is 9.47 Å². The van der Waals surface area contributed by atoms with Gasteiger partial charge in [0.15, 0.2) is 11.5 Å². The van der Waals surface area contributed by atoms with Crippen LogP contribution in [0.1, 0.15) is 22.3 Å². The molecule has 1 aliphatic rings. The number of fused-ring (bicyclic) bond motifs is 1. The zero-order valence-electron chi connectivity index (χ0n) is 12.6. The third-order valence-corrected chi connectivity index (χ3v) is 3.92. The van der Waals surface area contributed by atoms with Gasteiger partial charge >= 0.3 is 0 Å². The number of ether oxygens (including phenoxy) is 2. The van der Waals surface area contributed by atoms with Gasteiger partial charge in [-0.3, -0.25) is 4.99 Å². The molecule has 3 heteroatoms. The number of aliphatic imine (C=N–C) groups is 1. The third kappa shape index (κ3) is 2.40. The standard InChI is InChI=1S/C18H19NO2/c1-12-6-4-5-7-14(12)18-15-11-17(21-3)16(20-2)10-13(15)8-9-19-18/h4-7,10-11H,8-9H2,1-3H3. The fourth-order valence-corrected chi connectivity index (χ4v) is 2.79. The van der Waals surface area contributed by atoms with Gasteiger partial charge in [0.25, 0.3) is 0 Å². The smallest absolute Gasteiger partial charge is 0.161 e. The summed E-state index contributed by atoms with van der Waals surface area (Å²) in [4.78, 5) is 4.75. The van der Waals surface area contributed by atoms with Crippen molar-refractivity contribution in [3.05, 3.63) is 58.7 Å². The van der Waals surface area contributed by atoms with E-state index in [1.807, 2.05) is 6.07 Å². The molecule has 0 aromatic heterocycles. The molecule has 2 aromatic carbocycles. The van der Waals surface area contributed by atoms with Crippen molar-refractivity contribution in [2.24, 2.45) is 4.99 Å². The van der Waals surface area contributed by atoms with E-state index in [4.69, 9.17) is 14.5 Å². The van der Waals surface area contributed by atoms with Crippen molar-refractivity contribution in [1.82, 2.24) is 0 Å². The van der Waals surface area contributed by atoms with Crippen LogP contribution in [-0.2, 0) is 6.42 Å². The Balaban J connectivity index is 2.16. The van der Waals surface area contributed by atoms with Crippen molar-refractivity contribution < 1.29 is 9.47 Å². The van der Waals surface area contributed by atoms with Gasteiger partial charge in [0.05, 0.1) is 19.9 Å². The molecule has 0 bridgehead atoms. The molecule has 0 N–H and O–H groups in total. The molecule has 0 amide bonds. The average Bonchev–Trinajstić information content (AvgIpc) is 2.53. The molecule has 2 aromatic rings. The summed E-state index contributed by atoms with van der Waals surface area (Å²) in [6.07, 6.45) is 0.936. The first-order chi connectivity index (χ1) is 10.2. The molecule has 0 atom stereocenters. The molecule has 3 nitrogen and oxygen atoms in total. The van der Waals surface area contributed by atoms with Crippen molar-refractivity contribution in [1.29, 1.82) is 0 Å². The molecule has 3 rings (SSSR count). The second-order valence-corrected chi connectivity index (χ2v) is 5.16. The molecule has 0 spiro atoms. The summed E-state index contributed by atoms with van der Waals surface area (Å²) in [6, 6.07) is 12.5. The molecule has 0 aliphatic carbocycles. The molecule has 0 fully saturated rings. The molecule has 1 heterocycles. The van der Waals surface area contributed by atoms with Crippen molar-refractivity contribution in [2.75, 3.05) is 20.8 Å². The molecular formula is C18H19NO2. The van der Waals surface area contributed by atoms with E-state index in [-0.39, 0.29) is 0 Å². The quantitative estimate of drug-likeness (QED) is 0.863. The van der Waals surface area contributed by atoms with Gasteiger partial charge in [0, 0.05) is 17.7 Å². The number of hydrogen-bond acceptors (Lipinski definition) is 3. The first-order valence-electron chi connectivity index (χ1n) is 7.10. The van der Waals surface area contributed by atoms with Crippen LogP contribution < -0.4 is 9.47 Å². The summed E-state index contributed by atoms with van der Waals surface area (Å²) < 4.78 is 10.8. The van der Waals surface area contributed by atoms with Crippen molar-refractivity contribution in [3.8, 4) is 11.5 Å². The lowest BCUT2D eigenvalue weighted by Gasteiger charge is -2.20. The average molecular weight is 281 g/mol. The highest BCUT2D eigenvalue weighted by molar-refractivity contribution is 6.15. The molecule has 0 radical (unpaired) electrons. The number of methoxy groups -OCH3 is 2. The monoisotopic (exact) mass is 281 g/mol. The second-order valence-electron chi connectivity index (χ2n) is 5.16. The Kier molecular flexibility index (Phi) is 3.65. The lowest BCUT2D eigenvalue weighted by Crippen LogP contribution is -2.15. The highest BCUT2D eigenvalue weighted by atomic mass is 16.5. The van der Waals surface area contributed by atoms with E-state index in [0.29, 0.717) is 0 Å². The number of rotatable bonds is 3. The highest BCUT2D eigenvalue weighted by Crippen LogP contribution is 2.34. The predicted octanol–water partition coefficient (Wildman–Crippen LogP) is 3.41. The van der Waals surface area contributed by atoms with Crippen LogP contribution >= 0.6 is 0 Å². The van der Waals surface area contributed by atoms with Gasteiger partial charge in [-0.05, 0) is 36.6 Å². The lowest BCUT2D eigenvalue weighted by molar-refractivity contribution is 0.354. The van der Waals surface area contributed by atoms with Crippen LogP contribution in [0.4, 0.5) is 0 Å². The zero-order chi connectivity index (χ0) is 14.8. The first kappa shape index (κ1) is 13.7. The largest absolute Gasteiger partial charge is 0.493 e. The van der Waals surface area contributed by atoms with Gasteiger partial charge in [-0.2, -0.15) is 0 Å². The van der Waals surface area contributed by atoms with Gasteiger partial charge in [-0.1, -0.05) is 24.3 Å². The maximum atomic E-state index is 5.44. The van der Waals surface area contributed by atoms with E-state index in [1.165, 1.54) is 16.7 Å². The van der Waals surface area contributed by atoms with E-state index < -0.39 is 0 Å². The summed E-state index contributed by atoms with van der Waals surface area (Å²) in [5.41, 5.74) is 5.88. The van der Waals surface area contributed by atoms with Crippen molar-refractivity contribution in [2.45, 2.75) is 13.3 Å². The SMILES string of the molecule is COc1cc2c(cc1OC)C(c1ccccc1C)=NCC2. The molecule has 1 aliphatic heterocycles. The summed E-state index contributed by atoms with van der Waals surface area (Å²) in [5.74, 6) is 1.53. The Hall–Kier alpha value is -2.29. The molecule has 108 valence electrons. The zero-order valence-corrected chi connectivity index (χ0v) is 12.6. The van der Waals surface area contributed by atoms with Crippen LogP contribution in [0.25, 0.3) is 0 Å². The second kappa shape index (κ2) is 5.60. The maximum Gasteiger partial charge on any atom is 0.161 e. The van der Waals surface area contributed by atoms with Crippen LogP contribution in [-0.4, -0.2) is 26.5 Å². The van der Waals surface area contributed by atoms with Gasteiger partial charge in [0.1, 0.15) is 0 Å². The third-order valence-electron chi connectivity index (χ3n) is 3.92. The van der Waals surface area contributed by atoms with Gasteiger partial charge in [0.2, 0.25) is 0 Å². The van der Waals surface area contributed by atoms with E-state index in [2.05, 4.69) is 37.3 Å². The summed E-state index contributed by atoms with van der Waals surface area (Å²) >= 11 is 0. The maximum absolute atomic E-state index is 5.44. The van der Waals surface area contributed by atoms with E-state index in [9.17, 15) is 0 Å². The summed E-state index contributed by atoms with van der Waals surface area (Å²) in [5, 5.41) is 0. The van der Waals surface area contributed by atoms with Gasteiger partial charge in [-0.25, -0.2) is 0 Å². The van der Waals surface area contributed by atoms with Gasteiger partial charge in [-0.15, -0.1) is 0 Å². The van der Waals surface area contributed by atoms with Crippen LogP contribution in [0.2, 0.25) is 0 Å². The number of benzene rings is 2. The minimum Gasteiger partial charge on any atom is -0.493 e. The Morgan fingerprint density at radius 3 is 2.38 bits per heavy atom. The van der Waals surface area contributed by atoms with Crippen molar-refractivity contribution in [3.63, 3.8) is 0 Å². The fourth-order valence-electron chi connectivity index (χ4n) is 2.79. The Morgan fingerprint density at radius 2 is 1.67 bits per heavy atom. The van der Waals surface area contributed by atoms with E-state index in [0.717, 1.165) is 35.7 Å². The van der Waals surface area contributed by atoms with Crippen molar-refractivity contribution >= 4 is 5.71 Å². The summed E-state index contributed by atoms with van der Waals surface area (Å²) in [7, 11) is 3.33. The normalized spacial score (nSPS) is 13.4. The molecule has 0 unspecified atom stereocenters. The fraction of sp³-hybridized carbons (Fsp3) is 0.278. The number of hydrogen-bond donors (Lipinski definition) is 0. The molecule has 0 saturated carbocycles. The highest BCUT2D eigenvalue weighted by Gasteiger charge is 2.20. The van der Waals surface area contributed by atoms with Crippen LogP contribution in [0.15, 0.2) is 41.4 Å². The van der Waals surface area contributed by atoms with Crippen LogP contribution in [0.3, 0.4) is 0 Å². The summed E-state index contributed by atoms with van der Waals surface area (Å²) in [6.45, 7) is 2.93. The molecule has 21 heavy (non-hydrogen) atoms. The topological polar surface area (TPSA) is 30.8 Å². The number of aryl methyl sites for hydroxylation is 1. The van der Waals surface area contributed by atoms with E-state index in [1.54, 1.807) is 14.2 Å². The Bertz CT molecular complexity index is 704. The first-order valence-corrected chi connectivity index (χ1v) is 7.10. The minimum absolute atomic E-state index is 0.749. The van der Waals surface area contributed by atoms with Crippen LogP contribution in [0, 0.1) is 6.92 Å². The lowest BCUT2D eigenvalue weighted by atomic mass is 9.91. The molecule has 0 saturated heterocycles. The predicted molar refractivity (Wildman–Crippen MR) is 84.9 cm³/mol. The Morgan fingerprint density at radius 1 is 0.952 bits per heavy atom. The Labute approximate surface area is 125 Å².